The van der Waals surface area contributed by atoms with E-state index in [0.717, 1.165) is 25.0 Å². The minimum Gasteiger partial charge on any atom is -0.399 e. The van der Waals surface area contributed by atoms with Crippen molar-refractivity contribution in [3.63, 3.8) is 0 Å². The van der Waals surface area contributed by atoms with Gasteiger partial charge in [0, 0.05) is 21.6 Å². The summed E-state index contributed by atoms with van der Waals surface area (Å²) in [5, 5.41) is 18.3. The SMILES string of the molecule is CCC(=NOC)[C@H]1[C@@H](c2ccc(I)cc2)CC2CC(O)[C@@H]1N2. The third kappa shape index (κ3) is 3.03. The Balaban J connectivity index is 1.98. The van der Waals surface area contributed by atoms with Gasteiger partial charge in [0.2, 0.25) is 0 Å². The van der Waals surface area contributed by atoms with Gasteiger partial charge in [-0.3, -0.25) is 0 Å². The van der Waals surface area contributed by atoms with E-state index in [9.17, 15) is 5.11 Å². The molecule has 1 aromatic rings. The van der Waals surface area contributed by atoms with Crippen LogP contribution in [0.1, 0.15) is 37.7 Å². The zero-order valence-corrected chi connectivity index (χ0v) is 15.2. The average molecular weight is 414 g/mol. The zero-order chi connectivity index (χ0) is 15.7. The Morgan fingerprint density at radius 2 is 2.09 bits per heavy atom. The topological polar surface area (TPSA) is 53.9 Å². The number of piperidine rings is 1. The molecule has 0 saturated carbocycles. The van der Waals surface area contributed by atoms with Crippen LogP contribution in [0, 0.1) is 9.49 Å². The summed E-state index contributed by atoms with van der Waals surface area (Å²) >= 11 is 2.33. The second kappa shape index (κ2) is 6.84. The Morgan fingerprint density at radius 3 is 2.73 bits per heavy atom. The molecule has 0 aliphatic carbocycles. The fourth-order valence-electron chi connectivity index (χ4n) is 4.07. The molecule has 5 heteroatoms. The molecule has 2 saturated heterocycles. The molecule has 2 fully saturated rings. The molecule has 22 heavy (non-hydrogen) atoms. The average Bonchev–Trinajstić information content (AvgIpc) is 2.81. The lowest BCUT2D eigenvalue weighted by atomic mass is 9.73. The van der Waals surface area contributed by atoms with E-state index < -0.39 is 0 Å². The molecule has 4 nitrogen and oxygen atoms in total. The maximum absolute atomic E-state index is 10.4. The highest BCUT2D eigenvalue weighted by atomic mass is 127. The minimum atomic E-state index is -0.294. The Kier molecular flexibility index (Phi) is 5.04. The van der Waals surface area contributed by atoms with Crippen molar-refractivity contribution in [2.24, 2.45) is 11.1 Å². The van der Waals surface area contributed by atoms with E-state index in [1.807, 2.05) is 0 Å². The van der Waals surface area contributed by atoms with E-state index in [4.69, 9.17) is 4.84 Å². The minimum absolute atomic E-state index is 0.0804. The molecule has 3 rings (SSSR count). The van der Waals surface area contributed by atoms with Crippen molar-refractivity contribution >= 4 is 28.3 Å². The first-order chi connectivity index (χ1) is 10.6. The van der Waals surface area contributed by atoms with Crippen LogP contribution >= 0.6 is 22.6 Å². The molecule has 120 valence electrons. The molecule has 0 spiro atoms. The molecule has 5 atom stereocenters. The summed E-state index contributed by atoms with van der Waals surface area (Å²) in [6.45, 7) is 2.11. The van der Waals surface area contributed by atoms with Crippen molar-refractivity contribution in [2.75, 3.05) is 7.11 Å². The van der Waals surface area contributed by atoms with Crippen LogP contribution < -0.4 is 5.32 Å². The van der Waals surface area contributed by atoms with Crippen molar-refractivity contribution < 1.29 is 9.94 Å². The molecule has 2 aliphatic rings. The third-order valence-corrected chi connectivity index (χ3v) is 5.70. The van der Waals surface area contributed by atoms with Crippen LogP contribution in [0.3, 0.4) is 0 Å². The highest BCUT2D eigenvalue weighted by Gasteiger charge is 2.48. The molecular weight excluding hydrogens is 391 g/mol. The van der Waals surface area contributed by atoms with E-state index in [1.165, 1.54) is 9.13 Å². The predicted octanol–water partition coefficient (Wildman–Crippen LogP) is 2.90. The van der Waals surface area contributed by atoms with Crippen molar-refractivity contribution in [2.45, 2.75) is 50.3 Å². The first kappa shape index (κ1) is 16.2. The van der Waals surface area contributed by atoms with Gasteiger partial charge < -0.3 is 15.3 Å². The van der Waals surface area contributed by atoms with Crippen LogP contribution in [0.2, 0.25) is 0 Å². The summed E-state index contributed by atoms with van der Waals surface area (Å²) < 4.78 is 1.25. The number of rotatable bonds is 4. The van der Waals surface area contributed by atoms with Gasteiger partial charge in [-0.2, -0.15) is 0 Å². The number of oxime groups is 1. The van der Waals surface area contributed by atoms with Gasteiger partial charge in [0.05, 0.1) is 11.8 Å². The van der Waals surface area contributed by atoms with E-state index in [2.05, 4.69) is 64.3 Å². The van der Waals surface area contributed by atoms with Gasteiger partial charge in [0.1, 0.15) is 7.11 Å². The van der Waals surface area contributed by atoms with Crippen LogP contribution in [0.4, 0.5) is 0 Å². The number of hydrogen-bond donors (Lipinski definition) is 2. The number of halogens is 1. The van der Waals surface area contributed by atoms with Crippen molar-refractivity contribution in [1.29, 1.82) is 0 Å². The summed E-state index contributed by atoms with van der Waals surface area (Å²) in [7, 11) is 1.60. The van der Waals surface area contributed by atoms with Gasteiger partial charge in [-0.05, 0) is 65.5 Å². The van der Waals surface area contributed by atoms with E-state index in [1.54, 1.807) is 7.11 Å². The van der Waals surface area contributed by atoms with Gasteiger partial charge >= 0.3 is 0 Å². The lowest BCUT2D eigenvalue weighted by Crippen LogP contribution is -2.50. The number of nitrogens with zero attached hydrogens (tertiary/aromatic N) is 1. The largest absolute Gasteiger partial charge is 0.399 e. The van der Waals surface area contributed by atoms with Gasteiger partial charge in [0.15, 0.2) is 0 Å². The van der Waals surface area contributed by atoms with Crippen LogP contribution in [-0.4, -0.2) is 36.1 Å². The summed E-state index contributed by atoms with van der Waals surface area (Å²) in [6.07, 6.45) is 2.43. The molecule has 0 radical (unpaired) electrons. The first-order valence-electron chi connectivity index (χ1n) is 7.93. The van der Waals surface area contributed by atoms with E-state index >= 15 is 0 Å². The van der Waals surface area contributed by atoms with Gasteiger partial charge in [-0.1, -0.05) is 24.2 Å². The first-order valence-corrected chi connectivity index (χ1v) is 9.01. The van der Waals surface area contributed by atoms with Crippen LogP contribution in [0.5, 0.6) is 0 Å². The predicted molar refractivity (Wildman–Crippen MR) is 96.1 cm³/mol. The molecule has 0 aromatic heterocycles. The second-order valence-corrected chi connectivity index (χ2v) is 7.48. The Morgan fingerprint density at radius 1 is 1.36 bits per heavy atom. The molecule has 2 bridgehead atoms. The Labute approximate surface area is 145 Å². The number of aliphatic hydroxyl groups is 1. The van der Waals surface area contributed by atoms with Crippen LogP contribution in [-0.2, 0) is 4.84 Å². The highest BCUT2D eigenvalue weighted by molar-refractivity contribution is 14.1. The molecule has 0 amide bonds. The lowest BCUT2D eigenvalue weighted by Gasteiger charge is -2.38. The van der Waals surface area contributed by atoms with Crippen LogP contribution in [0.25, 0.3) is 0 Å². The van der Waals surface area contributed by atoms with E-state index in [0.29, 0.717) is 12.0 Å². The smallest absolute Gasteiger partial charge is 0.106 e. The summed E-state index contributed by atoms with van der Waals surface area (Å²) in [6, 6.07) is 9.24. The normalized spacial score (nSPS) is 34.7. The maximum atomic E-state index is 10.4. The maximum Gasteiger partial charge on any atom is 0.106 e. The second-order valence-electron chi connectivity index (χ2n) is 6.23. The summed E-state index contributed by atoms with van der Waals surface area (Å²) in [4.78, 5) is 5.07. The fraction of sp³-hybridized carbons (Fsp3) is 0.588. The monoisotopic (exact) mass is 414 g/mol. The van der Waals surface area contributed by atoms with Gasteiger partial charge in [-0.25, -0.2) is 0 Å². The quantitative estimate of drug-likeness (QED) is 0.453. The number of aliphatic hydroxyl groups excluding tert-OH is 1. The number of fused-ring (bicyclic) bond motifs is 2. The van der Waals surface area contributed by atoms with Crippen molar-refractivity contribution in [3.8, 4) is 0 Å². The van der Waals surface area contributed by atoms with Crippen molar-refractivity contribution in [3.05, 3.63) is 33.4 Å². The third-order valence-electron chi connectivity index (χ3n) is 4.98. The molecule has 2 unspecified atom stereocenters. The highest BCUT2D eigenvalue weighted by Crippen LogP contribution is 2.43. The Bertz CT molecular complexity index is 546. The number of nitrogens with one attached hydrogen (secondary N) is 1. The van der Waals surface area contributed by atoms with Gasteiger partial charge in [0.25, 0.3) is 0 Å². The van der Waals surface area contributed by atoms with Crippen molar-refractivity contribution in [1.82, 2.24) is 5.32 Å². The fourth-order valence-corrected chi connectivity index (χ4v) is 4.43. The molecule has 1 aromatic carbocycles. The summed E-state index contributed by atoms with van der Waals surface area (Å²) in [5.74, 6) is 0.581. The van der Waals surface area contributed by atoms with Gasteiger partial charge in [-0.15, -0.1) is 0 Å². The van der Waals surface area contributed by atoms with E-state index in [-0.39, 0.29) is 18.1 Å². The lowest BCUT2D eigenvalue weighted by molar-refractivity contribution is 0.136. The molecule has 2 heterocycles. The molecule has 2 aliphatic heterocycles. The molecular formula is C17H23IN2O2. The standard InChI is InChI=1S/C17H23IN2O2/c1-3-14(20-22-2)16-13(10-4-6-11(18)7-5-10)8-12-9-15(21)17(16)19-12/h4-7,12-13,15-17,19,21H,3,8-9H2,1-2H3/t12?,13-,15?,16-,17+/m1/s1. The van der Waals surface area contributed by atoms with Crippen LogP contribution in [0.15, 0.2) is 29.4 Å². The zero-order valence-electron chi connectivity index (χ0n) is 13.0. The molecule has 2 N–H and O–H groups in total. The Hall–Kier alpha value is -0.660. The summed E-state index contributed by atoms with van der Waals surface area (Å²) in [5.41, 5.74) is 2.39. The number of benzene rings is 1. The number of hydrogen-bond acceptors (Lipinski definition) is 4.